The van der Waals surface area contributed by atoms with Crippen molar-refractivity contribution in [3.8, 4) is 0 Å². The lowest BCUT2D eigenvalue weighted by atomic mass is 9.99. The van der Waals surface area contributed by atoms with Crippen LogP contribution >= 0.6 is 11.3 Å². The first-order valence-corrected chi connectivity index (χ1v) is 8.37. The molecule has 0 saturated carbocycles. The lowest BCUT2D eigenvalue weighted by Gasteiger charge is -2.17. The van der Waals surface area contributed by atoms with Crippen LogP contribution in [0.1, 0.15) is 53.7 Å². The molecule has 0 spiro atoms. The molecule has 1 aliphatic rings. The number of carbonyl (C=O) groups excluding carboxylic acids is 2. The number of rotatable bonds is 5. The molecule has 21 heavy (non-hydrogen) atoms. The number of hydrogen-bond acceptors (Lipinski definition) is 4. The van der Waals surface area contributed by atoms with Gasteiger partial charge in [0.05, 0.1) is 0 Å². The SMILES string of the molecule is CC(C)C(C)NC(=O)COC(=O)c1cc2c(s1)CCCC2. The Hall–Kier alpha value is -1.36. The summed E-state index contributed by atoms with van der Waals surface area (Å²) in [6.45, 7) is 5.80. The maximum atomic E-state index is 12.0. The third kappa shape index (κ3) is 4.30. The summed E-state index contributed by atoms with van der Waals surface area (Å²) in [6, 6.07) is 2.00. The highest BCUT2D eigenvalue weighted by Gasteiger charge is 2.19. The Morgan fingerprint density at radius 2 is 2.00 bits per heavy atom. The first-order valence-electron chi connectivity index (χ1n) is 7.55. The minimum Gasteiger partial charge on any atom is -0.451 e. The number of carbonyl (C=O) groups is 2. The molecule has 1 heterocycles. The molecule has 0 bridgehead atoms. The number of esters is 1. The Morgan fingerprint density at radius 1 is 1.29 bits per heavy atom. The third-order valence-electron chi connectivity index (χ3n) is 3.92. The van der Waals surface area contributed by atoms with Gasteiger partial charge in [-0.05, 0) is 50.2 Å². The number of nitrogens with one attached hydrogen (secondary N) is 1. The molecule has 1 aliphatic carbocycles. The summed E-state index contributed by atoms with van der Waals surface area (Å²) in [5, 5.41) is 2.82. The predicted octanol–water partition coefficient (Wildman–Crippen LogP) is 2.94. The molecular weight excluding hydrogens is 286 g/mol. The number of fused-ring (bicyclic) bond motifs is 1. The number of aryl methyl sites for hydroxylation is 2. The van der Waals surface area contributed by atoms with Crippen LogP contribution in [-0.2, 0) is 22.4 Å². The maximum absolute atomic E-state index is 12.0. The molecule has 1 atom stereocenters. The zero-order valence-corrected chi connectivity index (χ0v) is 13.7. The van der Waals surface area contributed by atoms with Crippen molar-refractivity contribution >= 4 is 23.2 Å². The zero-order chi connectivity index (χ0) is 15.4. The molecule has 0 radical (unpaired) electrons. The fourth-order valence-corrected chi connectivity index (χ4v) is 3.40. The summed E-state index contributed by atoms with van der Waals surface area (Å²) in [5.74, 6) is -0.277. The van der Waals surface area contributed by atoms with Crippen LogP contribution in [0.25, 0.3) is 0 Å². The van der Waals surface area contributed by atoms with Crippen LogP contribution in [-0.4, -0.2) is 24.5 Å². The standard InChI is InChI=1S/C16H23NO3S/c1-10(2)11(3)17-15(18)9-20-16(19)14-8-12-6-4-5-7-13(12)21-14/h8,10-11H,4-7,9H2,1-3H3,(H,17,18). The van der Waals surface area contributed by atoms with Crippen LogP contribution in [0, 0.1) is 5.92 Å². The first-order chi connectivity index (χ1) is 9.97. The summed E-state index contributed by atoms with van der Waals surface area (Å²) in [7, 11) is 0. The summed E-state index contributed by atoms with van der Waals surface area (Å²) >= 11 is 1.51. The van der Waals surface area contributed by atoms with E-state index in [0.29, 0.717) is 10.8 Å². The highest BCUT2D eigenvalue weighted by Crippen LogP contribution is 2.29. The summed E-state index contributed by atoms with van der Waals surface area (Å²) in [5.41, 5.74) is 1.27. The molecule has 4 nitrogen and oxygen atoms in total. The molecule has 0 saturated heterocycles. The van der Waals surface area contributed by atoms with Crippen molar-refractivity contribution in [2.75, 3.05) is 6.61 Å². The summed E-state index contributed by atoms with van der Waals surface area (Å²) in [6.07, 6.45) is 4.48. The molecular formula is C16H23NO3S. The number of amides is 1. The van der Waals surface area contributed by atoms with Gasteiger partial charge >= 0.3 is 5.97 Å². The summed E-state index contributed by atoms with van der Waals surface area (Å²) < 4.78 is 5.11. The van der Waals surface area contributed by atoms with E-state index in [1.165, 1.54) is 34.6 Å². The predicted molar refractivity (Wildman–Crippen MR) is 83.7 cm³/mol. The Kier molecular flexibility index (Phi) is 5.39. The van der Waals surface area contributed by atoms with E-state index >= 15 is 0 Å². The van der Waals surface area contributed by atoms with Gasteiger partial charge in [-0.15, -0.1) is 11.3 Å². The molecule has 0 fully saturated rings. The Morgan fingerprint density at radius 3 is 2.67 bits per heavy atom. The van der Waals surface area contributed by atoms with Gasteiger partial charge in [0, 0.05) is 10.9 Å². The number of thiophene rings is 1. The van der Waals surface area contributed by atoms with Gasteiger partial charge < -0.3 is 10.1 Å². The highest BCUT2D eigenvalue weighted by molar-refractivity contribution is 7.14. The minimum absolute atomic E-state index is 0.0743. The largest absolute Gasteiger partial charge is 0.451 e. The summed E-state index contributed by atoms with van der Waals surface area (Å²) in [4.78, 5) is 25.6. The Bertz CT molecular complexity index is 498. The topological polar surface area (TPSA) is 55.4 Å². The van der Waals surface area contributed by atoms with Crippen LogP contribution in [0.3, 0.4) is 0 Å². The maximum Gasteiger partial charge on any atom is 0.348 e. The Labute approximate surface area is 129 Å². The molecule has 0 aliphatic heterocycles. The molecule has 0 aromatic carbocycles. The Balaban J connectivity index is 1.84. The second-order valence-corrected chi connectivity index (χ2v) is 7.08. The quantitative estimate of drug-likeness (QED) is 0.851. The van der Waals surface area contributed by atoms with Crippen molar-refractivity contribution in [3.05, 3.63) is 21.4 Å². The second-order valence-electron chi connectivity index (χ2n) is 5.94. The molecule has 1 unspecified atom stereocenters. The fourth-order valence-electron chi connectivity index (χ4n) is 2.26. The van der Waals surface area contributed by atoms with Crippen molar-refractivity contribution in [2.45, 2.75) is 52.5 Å². The average Bonchev–Trinajstić information content (AvgIpc) is 2.88. The molecule has 1 aromatic rings. The van der Waals surface area contributed by atoms with Crippen LogP contribution in [0.2, 0.25) is 0 Å². The van der Waals surface area contributed by atoms with E-state index < -0.39 is 0 Å². The van der Waals surface area contributed by atoms with Crippen molar-refractivity contribution < 1.29 is 14.3 Å². The van der Waals surface area contributed by atoms with E-state index in [-0.39, 0.29) is 24.5 Å². The number of ether oxygens (including phenoxy) is 1. The van der Waals surface area contributed by atoms with E-state index in [1.54, 1.807) is 0 Å². The van der Waals surface area contributed by atoms with E-state index in [1.807, 2.05) is 26.8 Å². The van der Waals surface area contributed by atoms with Crippen LogP contribution in [0.5, 0.6) is 0 Å². The molecule has 2 rings (SSSR count). The van der Waals surface area contributed by atoms with Crippen molar-refractivity contribution in [2.24, 2.45) is 5.92 Å². The van der Waals surface area contributed by atoms with Gasteiger partial charge in [0.15, 0.2) is 6.61 Å². The highest BCUT2D eigenvalue weighted by atomic mass is 32.1. The minimum atomic E-state index is -0.387. The molecule has 1 N–H and O–H groups in total. The smallest absolute Gasteiger partial charge is 0.348 e. The monoisotopic (exact) mass is 309 g/mol. The van der Waals surface area contributed by atoms with Crippen LogP contribution in [0.15, 0.2) is 6.07 Å². The lowest BCUT2D eigenvalue weighted by Crippen LogP contribution is -2.38. The average molecular weight is 309 g/mol. The molecule has 116 valence electrons. The van der Waals surface area contributed by atoms with Crippen LogP contribution in [0.4, 0.5) is 0 Å². The van der Waals surface area contributed by atoms with E-state index in [2.05, 4.69) is 5.32 Å². The van der Waals surface area contributed by atoms with E-state index in [4.69, 9.17) is 4.74 Å². The van der Waals surface area contributed by atoms with Gasteiger partial charge in [-0.25, -0.2) is 4.79 Å². The van der Waals surface area contributed by atoms with Crippen molar-refractivity contribution in [3.63, 3.8) is 0 Å². The molecule has 5 heteroatoms. The van der Waals surface area contributed by atoms with Crippen molar-refractivity contribution in [1.29, 1.82) is 0 Å². The van der Waals surface area contributed by atoms with Gasteiger partial charge in [0.25, 0.3) is 5.91 Å². The number of hydrogen-bond donors (Lipinski definition) is 1. The van der Waals surface area contributed by atoms with Gasteiger partial charge in [-0.1, -0.05) is 13.8 Å². The van der Waals surface area contributed by atoms with Gasteiger partial charge in [0.1, 0.15) is 4.88 Å². The van der Waals surface area contributed by atoms with Gasteiger partial charge in [0.2, 0.25) is 0 Å². The lowest BCUT2D eigenvalue weighted by molar-refractivity contribution is -0.125. The van der Waals surface area contributed by atoms with Crippen LogP contribution < -0.4 is 5.32 Å². The van der Waals surface area contributed by atoms with Crippen molar-refractivity contribution in [1.82, 2.24) is 5.32 Å². The van der Waals surface area contributed by atoms with Gasteiger partial charge in [-0.3, -0.25) is 4.79 Å². The molecule has 1 amide bonds. The zero-order valence-electron chi connectivity index (χ0n) is 12.9. The third-order valence-corrected chi connectivity index (χ3v) is 5.14. The first kappa shape index (κ1) is 16.0. The van der Waals surface area contributed by atoms with E-state index in [9.17, 15) is 9.59 Å². The normalized spacial score (nSPS) is 15.4. The van der Waals surface area contributed by atoms with Gasteiger partial charge in [-0.2, -0.15) is 0 Å². The fraction of sp³-hybridized carbons (Fsp3) is 0.625. The van der Waals surface area contributed by atoms with E-state index in [0.717, 1.165) is 12.8 Å². The molecule has 1 aromatic heterocycles. The second kappa shape index (κ2) is 7.07.